The van der Waals surface area contributed by atoms with Gasteiger partial charge in [-0.1, -0.05) is 36.4 Å². The number of benzene rings is 2. The number of ether oxygens (including phenoxy) is 4. The molecule has 1 amide bonds. The molecule has 2 aromatic rings. The van der Waals surface area contributed by atoms with E-state index in [1.807, 2.05) is 36.4 Å². The predicted molar refractivity (Wildman–Crippen MR) is 143 cm³/mol. The number of hydrogen-bond acceptors (Lipinski definition) is 8. The molecule has 1 aliphatic heterocycles. The van der Waals surface area contributed by atoms with E-state index < -0.39 is 18.4 Å². The van der Waals surface area contributed by atoms with Crippen LogP contribution in [0.2, 0.25) is 0 Å². The molecule has 11 heteroatoms. The zero-order valence-corrected chi connectivity index (χ0v) is 22.5. The summed E-state index contributed by atoms with van der Waals surface area (Å²) in [5.41, 5.74) is 8.17. The quantitative estimate of drug-likeness (QED) is 0.196. The molecule has 38 heavy (non-hydrogen) atoms. The van der Waals surface area contributed by atoms with Gasteiger partial charge in [0.05, 0.1) is 19.1 Å². The molecule has 2 aromatic carbocycles. The first kappa shape index (κ1) is 30.4. The van der Waals surface area contributed by atoms with Crippen molar-refractivity contribution in [1.82, 2.24) is 4.90 Å². The van der Waals surface area contributed by atoms with Crippen molar-refractivity contribution in [2.24, 2.45) is 11.7 Å². The third-order valence-electron chi connectivity index (χ3n) is 6.01. The molecule has 1 unspecified atom stereocenters. The fourth-order valence-electron chi connectivity index (χ4n) is 4.26. The average Bonchev–Trinajstić information content (AvgIpc) is 3.25. The number of rotatable bonds is 10. The summed E-state index contributed by atoms with van der Waals surface area (Å²) in [5, 5.41) is 7.50. The van der Waals surface area contributed by atoms with Crippen LogP contribution in [0, 0.1) is 11.3 Å². The number of nitrogens with zero attached hydrogens (tertiary/aromatic N) is 1. The topological polar surface area (TPSA) is 141 Å². The highest BCUT2D eigenvalue weighted by molar-refractivity contribution is 5.95. The van der Waals surface area contributed by atoms with Gasteiger partial charge in [-0.15, -0.1) is 12.4 Å². The lowest BCUT2D eigenvalue weighted by Crippen LogP contribution is -2.37. The number of carbonyl (C=O) groups excluding carboxylic acids is 3. The van der Waals surface area contributed by atoms with E-state index in [1.54, 1.807) is 24.0 Å². The summed E-state index contributed by atoms with van der Waals surface area (Å²) in [5.74, 6) is -0.00861. The number of carbonyl (C=O) groups is 3. The van der Waals surface area contributed by atoms with Gasteiger partial charge in [-0.25, -0.2) is 4.79 Å². The fourth-order valence-corrected chi connectivity index (χ4v) is 4.26. The first-order valence-corrected chi connectivity index (χ1v) is 12.1. The maximum Gasteiger partial charge on any atom is 0.511 e. The molecule has 0 aliphatic carbocycles. The summed E-state index contributed by atoms with van der Waals surface area (Å²) in [6.45, 7) is 5.45. The standard InChI is InChI=1S/C27H33N3O7.ClH/c1-4-34-27(33)37-18(3)36-25(32)14-19-13-23(30(15-19)17(2)31)16-35-24-11-9-21(10-12-24)20-5-7-22(8-6-20)26(28)29;/h5-12,18-19,23H,4,13-16H2,1-3H3,(H3,28,29);1H/t18?,19-,23-;/m0./s1. The molecule has 3 atom stereocenters. The molecule has 206 valence electrons. The van der Waals surface area contributed by atoms with E-state index >= 15 is 0 Å². The van der Waals surface area contributed by atoms with Gasteiger partial charge in [0, 0.05) is 26.0 Å². The van der Waals surface area contributed by atoms with Crippen molar-refractivity contribution in [3.05, 3.63) is 54.1 Å². The highest BCUT2D eigenvalue weighted by atomic mass is 35.5. The van der Waals surface area contributed by atoms with E-state index in [-0.39, 0.29) is 49.1 Å². The Morgan fingerprint density at radius 3 is 2.21 bits per heavy atom. The van der Waals surface area contributed by atoms with Crippen LogP contribution in [0.25, 0.3) is 11.1 Å². The van der Waals surface area contributed by atoms with Crippen LogP contribution in [0.4, 0.5) is 4.79 Å². The van der Waals surface area contributed by atoms with Gasteiger partial charge < -0.3 is 29.6 Å². The van der Waals surface area contributed by atoms with Crippen molar-refractivity contribution in [2.45, 2.75) is 45.9 Å². The van der Waals surface area contributed by atoms with Gasteiger partial charge in [-0.2, -0.15) is 0 Å². The summed E-state index contributed by atoms with van der Waals surface area (Å²) in [6, 6.07) is 14.8. The number of amidine groups is 1. The monoisotopic (exact) mass is 547 g/mol. The van der Waals surface area contributed by atoms with Crippen LogP contribution >= 0.6 is 12.4 Å². The van der Waals surface area contributed by atoms with Crippen molar-refractivity contribution in [1.29, 1.82) is 5.41 Å². The number of nitrogens with two attached hydrogens (primary N) is 1. The molecule has 0 saturated carbocycles. The lowest BCUT2D eigenvalue weighted by atomic mass is 10.0. The second kappa shape index (κ2) is 14.2. The van der Waals surface area contributed by atoms with Gasteiger partial charge >= 0.3 is 12.1 Å². The van der Waals surface area contributed by atoms with Gasteiger partial charge in [0.15, 0.2) is 0 Å². The van der Waals surface area contributed by atoms with E-state index in [4.69, 9.17) is 25.4 Å². The van der Waals surface area contributed by atoms with Gasteiger partial charge in [-0.3, -0.25) is 15.0 Å². The maximum absolute atomic E-state index is 12.3. The van der Waals surface area contributed by atoms with E-state index in [1.165, 1.54) is 13.8 Å². The summed E-state index contributed by atoms with van der Waals surface area (Å²) in [6.07, 6.45) is -1.29. The number of hydrogen-bond donors (Lipinski definition) is 2. The summed E-state index contributed by atoms with van der Waals surface area (Å²) < 4.78 is 20.6. The normalized spacial score (nSPS) is 17.1. The van der Waals surface area contributed by atoms with Gasteiger partial charge in [-0.05, 0) is 42.5 Å². The third-order valence-corrected chi connectivity index (χ3v) is 6.01. The summed E-state index contributed by atoms with van der Waals surface area (Å²) in [7, 11) is 0. The van der Waals surface area contributed by atoms with Crippen LogP contribution in [-0.4, -0.2) is 60.9 Å². The Morgan fingerprint density at radius 1 is 1.05 bits per heavy atom. The number of amides is 1. The molecule has 3 rings (SSSR count). The lowest BCUT2D eigenvalue weighted by molar-refractivity contribution is -0.169. The molecule has 3 N–H and O–H groups in total. The molecule has 1 aliphatic rings. The maximum atomic E-state index is 12.3. The largest absolute Gasteiger partial charge is 0.511 e. The van der Waals surface area contributed by atoms with Crippen LogP contribution in [0.5, 0.6) is 5.75 Å². The Bertz CT molecular complexity index is 1110. The van der Waals surface area contributed by atoms with Gasteiger partial charge in [0.1, 0.15) is 18.2 Å². The molecule has 0 aromatic heterocycles. The Labute approximate surface area is 228 Å². The molecular formula is C27H34ClN3O7. The average molecular weight is 548 g/mol. The van der Waals surface area contributed by atoms with Crippen molar-refractivity contribution in [3.63, 3.8) is 0 Å². The Balaban J connectivity index is 0.00000507. The molecule has 1 heterocycles. The van der Waals surface area contributed by atoms with Crippen molar-refractivity contribution in [3.8, 4) is 16.9 Å². The Kier molecular flexibility index (Phi) is 11.4. The smallest absolute Gasteiger partial charge is 0.491 e. The first-order chi connectivity index (χ1) is 17.7. The van der Waals surface area contributed by atoms with E-state index in [2.05, 4.69) is 4.74 Å². The molecule has 10 nitrogen and oxygen atoms in total. The van der Waals surface area contributed by atoms with Gasteiger partial charge in [0.25, 0.3) is 0 Å². The molecule has 0 spiro atoms. The van der Waals surface area contributed by atoms with Crippen molar-refractivity contribution < 1.29 is 33.3 Å². The number of esters is 1. The highest BCUT2D eigenvalue weighted by Gasteiger charge is 2.35. The van der Waals surface area contributed by atoms with Crippen LogP contribution in [0.3, 0.4) is 0 Å². The zero-order chi connectivity index (χ0) is 26.9. The van der Waals surface area contributed by atoms with Crippen molar-refractivity contribution >= 4 is 36.3 Å². The van der Waals surface area contributed by atoms with Gasteiger partial charge in [0.2, 0.25) is 12.2 Å². The molecule has 0 bridgehead atoms. The minimum atomic E-state index is -1.06. The number of halogens is 1. The van der Waals surface area contributed by atoms with E-state index in [0.717, 1.165) is 11.1 Å². The van der Waals surface area contributed by atoms with Crippen LogP contribution in [0.15, 0.2) is 48.5 Å². The molecule has 1 fully saturated rings. The summed E-state index contributed by atoms with van der Waals surface area (Å²) >= 11 is 0. The SMILES string of the molecule is CCOC(=O)OC(C)OC(=O)C[C@@H]1C[C@@H](COc2ccc(-c3ccc(C(=N)N)cc3)cc2)N(C(C)=O)C1.Cl. The lowest BCUT2D eigenvalue weighted by Gasteiger charge is -2.23. The zero-order valence-electron chi connectivity index (χ0n) is 21.7. The predicted octanol–water partition coefficient (Wildman–Crippen LogP) is 4.13. The second-order valence-electron chi connectivity index (χ2n) is 8.82. The summed E-state index contributed by atoms with van der Waals surface area (Å²) in [4.78, 5) is 37.6. The number of nitrogen functional groups attached to an aromatic ring is 1. The first-order valence-electron chi connectivity index (χ1n) is 12.1. The highest BCUT2D eigenvalue weighted by Crippen LogP contribution is 2.28. The van der Waals surface area contributed by atoms with Crippen LogP contribution < -0.4 is 10.5 Å². The van der Waals surface area contributed by atoms with Crippen molar-refractivity contribution in [2.75, 3.05) is 19.8 Å². The molecule has 0 radical (unpaired) electrons. The Morgan fingerprint density at radius 2 is 1.66 bits per heavy atom. The minimum Gasteiger partial charge on any atom is -0.491 e. The molecule has 1 saturated heterocycles. The van der Waals surface area contributed by atoms with E-state index in [9.17, 15) is 14.4 Å². The minimum absolute atomic E-state index is 0. The third kappa shape index (κ3) is 8.65. The Hall–Kier alpha value is -3.79. The second-order valence-corrected chi connectivity index (χ2v) is 8.82. The van der Waals surface area contributed by atoms with Crippen LogP contribution in [0.1, 0.15) is 39.2 Å². The fraction of sp³-hybridized carbons (Fsp3) is 0.407. The number of nitrogens with one attached hydrogen (secondary N) is 1. The molecular weight excluding hydrogens is 514 g/mol. The van der Waals surface area contributed by atoms with Crippen LogP contribution in [-0.2, 0) is 23.8 Å². The number of likely N-dealkylation sites (tertiary alicyclic amines) is 1. The van der Waals surface area contributed by atoms with E-state index in [0.29, 0.717) is 30.9 Å².